The van der Waals surface area contributed by atoms with Crippen LogP contribution in [0.2, 0.25) is 0 Å². The molecule has 0 aromatic heterocycles. The maximum atomic E-state index is 12.2. The van der Waals surface area contributed by atoms with Gasteiger partial charge in [0.1, 0.15) is 12.6 Å². The number of esters is 1. The predicted octanol–water partition coefficient (Wildman–Crippen LogP) is -2.47. The Balaban J connectivity index is 2.66. The normalized spacial score (nSPS) is 12.5. The quantitative estimate of drug-likeness (QED) is 0.285. The Morgan fingerprint density at radius 3 is 2.27 bits per heavy atom. The van der Waals surface area contributed by atoms with Gasteiger partial charge < -0.3 is 31.9 Å². The van der Waals surface area contributed by atoms with Gasteiger partial charge in [-0.2, -0.15) is 0 Å². The summed E-state index contributed by atoms with van der Waals surface area (Å²) in [6.45, 7) is -1.17. The number of aliphatic hydroxyl groups is 1. The number of amides is 3. The summed E-state index contributed by atoms with van der Waals surface area (Å²) in [5.41, 5.74) is 10.9. The van der Waals surface area contributed by atoms with E-state index in [1.54, 1.807) is 30.3 Å². The molecule has 10 nitrogen and oxygen atoms in total. The second kappa shape index (κ2) is 10.8. The minimum absolute atomic E-state index is 0.0410. The summed E-state index contributed by atoms with van der Waals surface area (Å²) in [6, 6.07) is 6.13. The molecule has 0 aliphatic carbocycles. The first-order chi connectivity index (χ1) is 12.4. The van der Waals surface area contributed by atoms with Crippen molar-refractivity contribution in [1.82, 2.24) is 10.6 Å². The van der Waals surface area contributed by atoms with Crippen LogP contribution in [0, 0.1) is 0 Å². The number of hydrogen-bond donors (Lipinski definition) is 5. The Labute approximate surface area is 149 Å². The molecule has 0 unspecified atom stereocenters. The maximum absolute atomic E-state index is 12.2. The molecule has 0 aliphatic heterocycles. The molecule has 142 valence electrons. The fourth-order valence-electron chi connectivity index (χ4n) is 1.94. The largest absolute Gasteiger partial charge is 0.459 e. The molecule has 0 bridgehead atoms. The topological polar surface area (TPSA) is 174 Å². The Morgan fingerprint density at radius 2 is 1.73 bits per heavy atom. The van der Waals surface area contributed by atoms with Crippen LogP contribution in [-0.2, 0) is 30.5 Å². The molecule has 1 aromatic rings. The maximum Gasteiger partial charge on any atom is 0.331 e. The number of primary amides is 1. The Morgan fingerprint density at radius 1 is 1.08 bits per heavy atom. The standard InChI is InChI=1S/C16H22N4O6/c17-7-14(23)19-11(6-13(18)22)15(24)20-12(8-21)16(25)26-9-10-4-2-1-3-5-10/h1-5,11-12,21H,6-9,17H2,(H2,18,22)(H,19,23)(H,20,24)/t11-,12-/m0/s1. The van der Waals surface area contributed by atoms with Gasteiger partial charge in [0.15, 0.2) is 6.04 Å². The first-order valence-corrected chi connectivity index (χ1v) is 7.76. The third kappa shape index (κ3) is 7.28. The second-order valence-corrected chi connectivity index (χ2v) is 5.33. The van der Waals surface area contributed by atoms with Crippen molar-refractivity contribution in [3.05, 3.63) is 35.9 Å². The van der Waals surface area contributed by atoms with Gasteiger partial charge in [-0.25, -0.2) is 4.79 Å². The van der Waals surface area contributed by atoms with Crippen molar-refractivity contribution in [2.24, 2.45) is 11.5 Å². The van der Waals surface area contributed by atoms with Crippen LogP contribution < -0.4 is 22.1 Å². The van der Waals surface area contributed by atoms with E-state index >= 15 is 0 Å². The molecule has 0 saturated heterocycles. The SMILES string of the molecule is NCC(=O)N[C@@H](CC(N)=O)C(=O)N[C@@H](CO)C(=O)OCc1ccccc1. The van der Waals surface area contributed by atoms with Crippen LogP contribution in [0.25, 0.3) is 0 Å². The van der Waals surface area contributed by atoms with E-state index in [-0.39, 0.29) is 6.61 Å². The molecular formula is C16H22N4O6. The van der Waals surface area contributed by atoms with Crippen LogP contribution in [-0.4, -0.2) is 54.0 Å². The van der Waals surface area contributed by atoms with Gasteiger partial charge in [-0.05, 0) is 5.56 Å². The van der Waals surface area contributed by atoms with Gasteiger partial charge in [0.25, 0.3) is 0 Å². The Kier molecular flexibility index (Phi) is 8.75. The number of carbonyl (C=O) groups is 4. The van der Waals surface area contributed by atoms with Gasteiger partial charge in [0.2, 0.25) is 17.7 Å². The highest BCUT2D eigenvalue weighted by molar-refractivity contribution is 5.94. The van der Waals surface area contributed by atoms with E-state index in [4.69, 9.17) is 16.2 Å². The number of benzene rings is 1. The number of hydrogen-bond acceptors (Lipinski definition) is 7. The van der Waals surface area contributed by atoms with Gasteiger partial charge in [-0.15, -0.1) is 0 Å². The molecule has 0 radical (unpaired) electrons. The average molecular weight is 366 g/mol. The van der Waals surface area contributed by atoms with Crippen molar-refractivity contribution in [3.63, 3.8) is 0 Å². The van der Waals surface area contributed by atoms with Crippen LogP contribution in [0.5, 0.6) is 0 Å². The molecule has 1 aromatic carbocycles. The number of aliphatic hydroxyl groups excluding tert-OH is 1. The summed E-state index contributed by atoms with van der Waals surface area (Å²) in [5, 5.41) is 13.7. The highest BCUT2D eigenvalue weighted by Gasteiger charge is 2.28. The van der Waals surface area contributed by atoms with Gasteiger partial charge >= 0.3 is 5.97 Å². The summed E-state index contributed by atoms with van der Waals surface area (Å²) >= 11 is 0. The monoisotopic (exact) mass is 366 g/mol. The number of nitrogens with one attached hydrogen (secondary N) is 2. The van der Waals surface area contributed by atoms with Crippen LogP contribution in [0.3, 0.4) is 0 Å². The van der Waals surface area contributed by atoms with Gasteiger partial charge in [0, 0.05) is 0 Å². The molecule has 1 rings (SSSR count). The van der Waals surface area contributed by atoms with E-state index in [2.05, 4.69) is 10.6 Å². The van der Waals surface area contributed by atoms with Crippen molar-refractivity contribution >= 4 is 23.7 Å². The van der Waals surface area contributed by atoms with Crippen LogP contribution in [0.15, 0.2) is 30.3 Å². The first kappa shape index (κ1) is 21.1. The molecule has 2 atom stereocenters. The van der Waals surface area contributed by atoms with Crippen LogP contribution in [0.1, 0.15) is 12.0 Å². The van der Waals surface area contributed by atoms with E-state index < -0.39 is 55.3 Å². The minimum atomic E-state index is -1.36. The number of carbonyl (C=O) groups excluding carboxylic acids is 4. The zero-order chi connectivity index (χ0) is 19.5. The molecule has 0 fully saturated rings. The van der Waals surface area contributed by atoms with E-state index in [1.807, 2.05) is 0 Å². The third-order valence-electron chi connectivity index (χ3n) is 3.25. The lowest BCUT2D eigenvalue weighted by molar-refractivity contribution is -0.150. The first-order valence-electron chi connectivity index (χ1n) is 7.76. The van der Waals surface area contributed by atoms with Crippen molar-refractivity contribution in [1.29, 1.82) is 0 Å². The van der Waals surface area contributed by atoms with E-state index in [0.717, 1.165) is 5.56 Å². The molecule has 0 saturated carbocycles. The summed E-state index contributed by atoms with van der Waals surface area (Å²) < 4.78 is 5.03. The number of rotatable bonds is 10. The summed E-state index contributed by atoms with van der Waals surface area (Å²) in [6.07, 6.45) is -0.491. The fourth-order valence-corrected chi connectivity index (χ4v) is 1.94. The van der Waals surface area contributed by atoms with Crippen LogP contribution >= 0.6 is 0 Å². The highest BCUT2D eigenvalue weighted by Crippen LogP contribution is 2.02. The molecule has 7 N–H and O–H groups in total. The van der Waals surface area contributed by atoms with Crippen LogP contribution in [0.4, 0.5) is 0 Å². The third-order valence-corrected chi connectivity index (χ3v) is 3.25. The molecule has 26 heavy (non-hydrogen) atoms. The highest BCUT2D eigenvalue weighted by atomic mass is 16.5. The summed E-state index contributed by atoms with van der Waals surface area (Å²) in [4.78, 5) is 46.6. The predicted molar refractivity (Wildman–Crippen MR) is 90.1 cm³/mol. The van der Waals surface area contributed by atoms with Crippen molar-refractivity contribution in [3.8, 4) is 0 Å². The Bertz CT molecular complexity index is 637. The second-order valence-electron chi connectivity index (χ2n) is 5.33. The lowest BCUT2D eigenvalue weighted by atomic mass is 10.1. The molecule has 10 heteroatoms. The molecule has 0 aliphatic rings. The molecule has 0 spiro atoms. The minimum Gasteiger partial charge on any atom is -0.459 e. The van der Waals surface area contributed by atoms with Gasteiger partial charge in [-0.1, -0.05) is 30.3 Å². The number of ether oxygens (including phenoxy) is 1. The van der Waals surface area contributed by atoms with Crippen molar-refractivity contribution < 1.29 is 29.0 Å². The number of nitrogens with two attached hydrogens (primary N) is 2. The summed E-state index contributed by atoms with van der Waals surface area (Å²) in [7, 11) is 0. The van der Waals surface area contributed by atoms with Crippen molar-refractivity contribution in [2.45, 2.75) is 25.1 Å². The van der Waals surface area contributed by atoms with E-state index in [9.17, 15) is 24.3 Å². The Hall–Kier alpha value is -2.98. The molecular weight excluding hydrogens is 344 g/mol. The van der Waals surface area contributed by atoms with Gasteiger partial charge in [-0.3, -0.25) is 14.4 Å². The van der Waals surface area contributed by atoms with Gasteiger partial charge in [0.05, 0.1) is 19.6 Å². The van der Waals surface area contributed by atoms with E-state index in [0.29, 0.717) is 0 Å². The zero-order valence-electron chi connectivity index (χ0n) is 14.0. The van der Waals surface area contributed by atoms with E-state index in [1.165, 1.54) is 0 Å². The van der Waals surface area contributed by atoms with Crippen molar-refractivity contribution in [2.75, 3.05) is 13.2 Å². The summed E-state index contributed by atoms with van der Waals surface area (Å²) in [5.74, 6) is -3.26. The smallest absolute Gasteiger partial charge is 0.331 e. The zero-order valence-corrected chi connectivity index (χ0v) is 14.0. The fraction of sp³-hybridized carbons (Fsp3) is 0.375. The molecule has 3 amide bonds. The lowest BCUT2D eigenvalue weighted by Gasteiger charge is -2.20. The molecule has 0 heterocycles. The lowest BCUT2D eigenvalue weighted by Crippen LogP contribution is -2.54. The average Bonchev–Trinajstić information content (AvgIpc) is 2.63.